The fourth-order valence-corrected chi connectivity index (χ4v) is 17.0. The third kappa shape index (κ3) is 5.87. The minimum atomic E-state index is -2.96. The first kappa shape index (κ1) is 40.1. The monoisotopic (exact) mass is 907 g/mol. The fourth-order valence-electron chi connectivity index (χ4n) is 12.0. The Morgan fingerprint density at radius 3 is 1.29 bits per heavy atom. The zero-order valence-corrected chi connectivity index (χ0v) is 39.3. The highest BCUT2D eigenvalue weighted by Crippen LogP contribution is 2.44. The Hall–Kier alpha value is -8.96. The summed E-state index contributed by atoms with van der Waals surface area (Å²) in [4.78, 5) is 0. The second-order valence-corrected chi connectivity index (χ2v) is 22.1. The lowest BCUT2D eigenvalue weighted by molar-refractivity contribution is 1.13. The Morgan fingerprint density at radius 2 is 0.671 bits per heavy atom. The van der Waals surface area contributed by atoms with Crippen molar-refractivity contribution in [2.75, 3.05) is 0 Å². The van der Waals surface area contributed by atoms with Crippen LogP contribution in [0.15, 0.2) is 273 Å². The van der Waals surface area contributed by atoms with Crippen LogP contribution in [0, 0.1) is 0 Å². The summed E-state index contributed by atoms with van der Waals surface area (Å²) in [6.45, 7) is 0. The topological polar surface area (TPSA) is 14.8 Å². The first-order valence-electron chi connectivity index (χ1n) is 24.2. The van der Waals surface area contributed by atoms with E-state index < -0.39 is 8.07 Å². The van der Waals surface area contributed by atoms with Gasteiger partial charge in [-0.2, -0.15) is 0 Å². The molecule has 0 radical (unpaired) electrons. The van der Waals surface area contributed by atoms with Crippen molar-refractivity contribution in [1.29, 1.82) is 0 Å². The van der Waals surface area contributed by atoms with Crippen LogP contribution in [-0.2, 0) is 0 Å². The standard InChI is InChI=1S/C66H45N3Si/c1-5-23-46(24-6-1)47-25-19-26-48(45-47)67-59-40-21-41-60(68-56-37-16-13-33-52(56)53-34-14-17-38-57(53)68)64(59)55-36-20-43-62(66(55)67)69-58-39-18-15-35-54(58)65-61(69)42-22-44-63(65)70(49-27-7-2-8-28-49,50-29-9-3-10-30-50)51-31-11-4-12-32-51/h1-45H. The predicted octanol–water partition coefficient (Wildman–Crippen LogP) is 14.0. The van der Waals surface area contributed by atoms with Crippen LogP contribution >= 0.6 is 0 Å². The molecule has 0 N–H and O–H groups in total. The molecule has 14 aromatic rings. The predicted molar refractivity (Wildman–Crippen MR) is 299 cm³/mol. The van der Waals surface area contributed by atoms with E-state index in [0.29, 0.717) is 0 Å². The Labute approximate surface area is 407 Å². The smallest absolute Gasteiger partial charge is 0.180 e. The third-order valence-corrected chi connectivity index (χ3v) is 19.6. The molecule has 3 nitrogen and oxygen atoms in total. The Kier molecular flexibility index (Phi) is 9.23. The van der Waals surface area contributed by atoms with Crippen LogP contribution in [0.2, 0.25) is 0 Å². The Balaban J connectivity index is 1.14. The molecule has 0 fully saturated rings. The normalized spacial score (nSPS) is 12.0. The summed E-state index contributed by atoms with van der Waals surface area (Å²) < 4.78 is 7.58. The molecular weight excluding hydrogens is 863 g/mol. The number of hydrogen-bond donors (Lipinski definition) is 0. The van der Waals surface area contributed by atoms with Gasteiger partial charge in [-0.05, 0) is 86.5 Å². The quantitative estimate of drug-likeness (QED) is 0.107. The molecule has 14 rings (SSSR count). The number of aromatic nitrogens is 3. The van der Waals surface area contributed by atoms with Gasteiger partial charge in [0.1, 0.15) is 0 Å². The molecule has 328 valence electrons. The summed E-state index contributed by atoms with van der Waals surface area (Å²) in [5.74, 6) is 0. The van der Waals surface area contributed by atoms with Gasteiger partial charge in [-0.25, -0.2) is 0 Å². The van der Waals surface area contributed by atoms with Crippen molar-refractivity contribution in [1.82, 2.24) is 13.7 Å². The maximum atomic E-state index is 2.56. The second-order valence-electron chi connectivity index (χ2n) is 18.4. The first-order chi connectivity index (χ1) is 34.8. The maximum absolute atomic E-state index is 2.96. The summed E-state index contributed by atoms with van der Waals surface area (Å²) in [7, 11) is -2.96. The second kappa shape index (κ2) is 16.1. The zero-order valence-electron chi connectivity index (χ0n) is 38.3. The van der Waals surface area contributed by atoms with E-state index in [1.807, 2.05) is 0 Å². The highest BCUT2D eigenvalue weighted by atomic mass is 28.3. The van der Waals surface area contributed by atoms with E-state index in [0.717, 1.165) is 28.1 Å². The molecule has 70 heavy (non-hydrogen) atoms. The number of rotatable bonds is 8. The van der Waals surface area contributed by atoms with Crippen LogP contribution in [0.5, 0.6) is 0 Å². The van der Waals surface area contributed by atoms with Crippen LogP contribution in [0.1, 0.15) is 0 Å². The Morgan fingerprint density at radius 1 is 0.257 bits per heavy atom. The highest BCUT2D eigenvalue weighted by molar-refractivity contribution is 7.20. The molecule has 0 aliphatic rings. The molecule has 0 aliphatic carbocycles. The van der Waals surface area contributed by atoms with Gasteiger partial charge in [0.15, 0.2) is 8.07 Å². The molecule has 11 aromatic carbocycles. The van der Waals surface area contributed by atoms with Gasteiger partial charge < -0.3 is 13.7 Å². The number of hydrogen-bond acceptors (Lipinski definition) is 0. The van der Waals surface area contributed by atoms with Crippen molar-refractivity contribution >= 4 is 94.2 Å². The molecule has 0 saturated heterocycles. The van der Waals surface area contributed by atoms with Gasteiger partial charge in [0, 0.05) is 38.0 Å². The molecule has 0 saturated carbocycles. The number of fused-ring (bicyclic) bond motifs is 9. The maximum Gasteiger partial charge on any atom is 0.180 e. The summed E-state index contributed by atoms with van der Waals surface area (Å²) >= 11 is 0. The average Bonchev–Trinajstić information content (AvgIpc) is 4.09. The number of benzene rings is 11. The van der Waals surface area contributed by atoms with Crippen LogP contribution in [-0.4, -0.2) is 21.8 Å². The number of para-hydroxylation sites is 4. The molecular formula is C66H45N3Si. The largest absolute Gasteiger partial charge is 0.309 e. The van der Waals surface area contributed by atoms with E-state index in [-0.39, 0.29) is 0 Å². The summed E-state index contributed by atoms with van der Waals surface area (Å²) in [5, 5.41) is 12.9. The number of nitrogens with zero attached hydrogens (tertiary/aromatic N) is 3. The van der Waals surface area contributed by atoms with Crippen LogP contribution in [0.3, 0.4) is 0 Å². The SMILES string of the molecule is c1ccc(-c2cccc(-n3c4cccc(-n5c6ccccc6c6ccccc65)c4c4cccc(-n5c6ccccc6c6c([Si](c7ccccc7)(c7ccccc7)c7ccccc7)cccc65)c43)c2)cc1. The Bertz CT molecular complexity index is 4130. The van der Waals surface area contributed by atoms with Gasteiger partial charge in [-0.1, -0.05) is 218 Å². The lowest BCUT2D eigenvalue weighted by Gasteiger charge is -2.35. The van der Waals surface area contributed by atoms with E-state index in [9.17, 15) is 0 Å². The molecule has 0 spiro atoms. The van der Waals surface area contributed by atoms with Gasteiger partial charge in [-0.15, -0.1) is 0 Å². The molecule has 0 amide bonds. The molecule has 4 heteroatoms. The van der Waals surface area contributed by atoms with Crippen molar-refractivity contribution in [2.45, 2.75) is 0 Å². The van der Waals surface area contributed by atoms with Crippen molar-refractivity contribution < 1.29 is 0 Å². The molecule has 0 aliphatic heterocycles. The molecule has 0 atom stereocenters. The van der Waals surface area contributed by atoms with Crippen molar-refractivity contribution in [3.05, 3.63) is 273 Å². The van der Waals surface area contributed by atoms with E-state index in [1.54, 1.807) is 0 Å². The van der Waals surface area contributed by atoms with Gasteiger partial charge in [-0.3, -0.25) is 0 Å². The van der Waals surface area contributed by atoms with Gasteiger partial charge in [0.2, 0.25) is 0 Å². The van der Waals surface area contributed by atoms with Crippen LogP contribution in [0.25, 0.3) is 93.6 Å². The lowest BCUT2D eigenvalue weighted by atomic mass is 10.1. The van der Waals surface area contributed by atoms with Gasteiger partial charge >= 0.3 is 0 Å². The molecule has 3 heterocycles. The summed E-state index contributed by atoms with van der Waals surface area (Å²) in [5.41, 5.74) is 12.8. The van der Waals surface area contributed by atoms with E-state index in [4.69, 9.17) is 0 Å². The first-order valence-corrected chi connectivity index (χ1v) is 26.2. The molecule has 0 bridgehead atoms. The van der Waals surface area contributed by atoms with Gasteiger partial charge in [0.25, 0.3) is 0 Å². The van der Waals surface area contributed by atoms with Crippen LogP contribution in [0.4, 0.5) is 0 Å². The highest BCUT2D eigenvalue weighted by Gasteiger charge is 2.43. The minimum absolute atomic E-state index is 1.11. The van der Waals surface area contributed by atoms with Crippen molar-refractivity contribution in [2.24, 2.45) is 0 Å². The van der Waals surface area contributed by atoms with E-state index in [1.165, 1.54) is 86.3 Å². The van der Waals surface area contributed by atoms with E-state index in [2.05, 4.69) is 287 Å². The fraction of sp³-hybridized carbons (Fsp3) is 0. The molecule has 3 aromatic heterocycles. The summed E-state index contributed by atoms with van der Waals surface area (Å²) in [6.07, 6.45) is 0. The summed E-state index contributed by atoms with van der Waals surface area (Å²) in [6, 6.07) is 101. The third-order valence-electron chi connectivity index (χ3n) is 14.8. The van der Waals surface area contributed by atoms with Crippen molar-refractivity contribution in [3.8, 4) is 28.2 Å². The van der Waals surface area contributed by atoms with Crippen molar-refractivity contribution in [3.63, 3.8) is 0 Å². The minimum Gasteiger partial charge on any atom is -0.309 e. The van der Waals surface area contributed by atoms with Gasteiger partial charge in [0.05, 0.1) is 44.5 Å². The molecule has 0 unspecified atom stereocenters. The average molecular weight is 908 g/mol. The zero-order chi connectivity index (χ0) is 46.2. The van der Waals surface area contributed by atoms with Crippen LogP contribution < -0.4 is 20.7 Å². The van der Waals surface area contributed by atoms with E-state index >= 15 is 0 Å². The lowest BCUT2D eigenvalue weighted by Crippen LogP contribution is -2.74.